The summed E-state index contributed by atoms with van der Waals surface area (Å²) in [6.45, 7) is 0.356. The van der Waals surface area contributed by atoms with E-state index in [1.165, 1.54) is 0 Å². The van der Waals surface area contributed by atoms with Crippen LogP contribution in [0.5, 0.6) is 0 Å². The molecule has 6 nitrogen and oxygen atoms in total. The lowest BCUT2D eigenvalue weighted by molar-refractivity contribution is -0.137. The fourth-order valence-corrected chi connectivity index (χ4v) is 1.77. The van der Waals surface area contributed by atoms with Gasteiger partial charge in [-0.1, -0.05) is 12.1 Å². The summed E-state index contributed by atoms with van der Waals surface area (Å²) >= 11 is 0. The quantitative estimate of drug-likeness (QED) is 0.698. The Bertz CT molecular complexity index is 576. The summed E-state index contributed by atoms with van der Waals surface area (Å²) in [6.07, 6.45) is 3.97. The Morgan fingerprint density at radius 2 is 1.95 bits per heavy atom. The molecule has 1 heterocycles. The minimum absolute atomic E-state index is 0.0553. The summed E-state index contributed by atoms with van der Waals surface area (Å²) in [5.74, 6) is -1.06. The second-order valence-electron chi connectivity index (χ2n) is 4.32. The lowest BCUT2D eigenvalue weighted by Crippen LogP contribution is -2.24. The number of hydrogen-bond donors (Lipinski definition) is 3. The van der Waals surface area contributed by atoms with E-state index < -0.39 is 5.97 Å². The zero-order valence-corrected chi connectivity index (χ0v) is 10.8. The van der Waals surface area contributed by atoms with E-state index in [2.05, 4.69) is 15.5 Å². The van der Waals surface area contributed by atoms with Crippen LogP contribution in [-0.4, -0.2) is 33.7 Å². The van der Waals surface area contributed by atoms with Crippen LogP contribution in [0, 0.1) is 0 Å². The van der Waals surface area contributed by atoms with Crippen molar-refractivity contribution in [2.24, 2.45) is 0 Å². The average Bonchev–Trinajstić information content (AvgIpc) is 2.97. The number of aromatic amines is 1. The third kappa shape index (κ3) is 3.68. The van der Waals surface area contributed by atoms with Crippen molar-refractivity contribution in [3.05, 3.63) is 42.2 Å². The first kappa shape index (κ1) is 13.8. The Kier molecular flexibility index (Phi) is 4.49. The van der Waals surface area contributed by atoms with Crippen LogP contribution in [0.4, 0.5) is 0 Å². The Balaban J connectivity index is 1.89. The maximum Gasteiger partial charge on any atom is 0.303 e. The molecular formula is C14H15N3O3. The number of carboxylic acid groups (broad SMARTS) is 1. The highest BCUT2D eigenvalue weighted by molar-refractivity contribution is 5.94. The van der Waals surface area contributed by atoms with E-state index in [1.54, 1.807) is 24.5 Å². The predicted molar refractivity (Wildman–Crippen MR) is 73.2 cm³/mol. The average molecular weight is 273 g/mol. The molecule has 0 spiro atoms. The first-order chi connectivity index (χ1) is 9.66. The van der Waals surface area contributed by atoms with Gasteiger partial charge in [-0.2, -0.15) is 5.10 Å². The van der Waals surface area contributed by atoms with Crippen LogP contribution in [0.2, 0.25) is 0 Å². The number of aromatic nitrogens is 2. The van der Waals surface area contributed by atoms with Gasteiger partial charge in [-0.3, -0.25) is 14.7 Å². The number of H-pyrrole nitrogens is 1. The minimum atomic E-state index is -0.858. The van der Waals surface area contributed by atoms with Gasteiger partial charge >= 0.3 is 5.97 Å². The van der Waals surface area contributed by atoms with E-state index in [-0.39, 0.29) is 12.3 Å². The smallest absolute Gasteiger partial charge is 0.303 e. The molecule has 0 atom stereocenters. The first-order valence-electron chi connectivity index (χ1n) is 6.26. The van der Waals surface area contributed by atoms with Gasteiger partial charge in [0.15, 0.2) is 0 Å². The van der Waals surface area contributed by atoms with Gasteiger partial charge in [-0.15, -0.1) is 0 Å². The van der Waals surface area contributed by atoms with Gasteiger partial charge in [0.05, 0.1) is 6.20 Å². The number of benzene rings is 1. The number of carbonyl (C=O) groups excluding carboxylic acids is 1. The fourth-order valence-electron chi connectivity index (χ4n) is 1.77. The van der Waals surface area contributed by atoms with Gasteiger partial charge in [0.1, 0.15) is 0 Å². The maximum absolute atomic E-state index is 11.8. The third-order valence-electron chi connectivity index (χ3n) is 2.83. The lowest BCUT2D eigenvalue weighted by Gasteiger charge is -2.05. The van der Waals surface area contributed by atoms with Gasteiger partial charge in [-0.25, -0.2) is 0 Å². The van der Waals surface area contributed by atoms with Crippen molar-refractivity contribution in [2.75, 3.05) is 6.54 Å². The predicted octanol–water partition coefficient (Wildman–Crippen LogP) is 1.67. The fraction of sp³-hybridized carbons (Fsp3) is 0.214. The summed E-state index contributed by atoms with van der Waals surface area (Å²) < 4.78 is 0. The molecule has 104 valence electrons. The highest BCUT2D eigenvalue weighted by Crippen LogP contribution is 2.17. The number of aliphatic carboxylic acids is 1. The van der Waals surface area contributed by atoms with Gasteiger partial charge in [0.2, 0.25) is 0 Å². The van der Waals surface area contributed by atoms with E-state index in [1.807, 2.05) is 12.1 Å². The van der Waals surface area contributed by atoms with E-state index in [0.29, 0.717) is 18.5 Å². The molecular weight excluding hydrogens is 258 g/mol. The molecule has 2 rings (SSSR count). The molecule has 1 amide bonds. The largest absolute Gasteiger partial charge is 0.481 e. The van der Waals surface area contributed by atoms with Crippen molar-refractivity contribution in [2.45, 2.75) is 12.8 Å². The molecule has 0 radical (unpaired) electrons. The van der Waals surface area contributed by atoms with Crippen molar-refractivity contribution in [3.8, 4) is 11.1 Å². The molecule has 0 bridgehead atoms. The Labute approximate surface area is 115 Å². The Morgan fingerprint density at radius 1 is 1.20 bits per heavy atom. The van der Waals surface area contributed by atoms with E-state index in [9.17, 15) is 9.59 Å². The molecule has 0 aliphatic carbocycles. The number of rotatable bonds is 6. The third-order valence-corrected chi connectivity index (χ3v) is 2.83. The molecule has 0 unspecified atom stereocenters. The summed E-state index contributed by atoms with van der Waals surface area (Å²) in [4.78, 5) is 22.2. The molecule has 0 aliphatic rings. The molecule has 0 saturated carbocycles. The van der Waals surface area contributed by atoms with Crippen LogP contribution in [0.25, 0.3) is 11.1 Å². The highest BCUT2D eigenvalue weighted by atomic mass is 16.4. The van der Waals surface area contributed by atoms with Gasteiger partial charge in [-0.05, 0) is 24.1 Å². The zero-order chi connectivity index (χ0) is 14.4. The topological polar surface area (TPSA) is 95.1 Å². The molecule has 1 aromatic heterocycles. The summed E-state index contributed by atoms with van der Waals surface area (Å²) in [6, 6.07) is 7.15. The SMILES string of the molecule is O=C(O)CCCNC(=O)c1ccc(-c2cn[nH]c2)cc1. The molecule has 0 fully saturated rings. The highest BCUT2D eigenvalue weighted by Gasteiger charge is 2.06. The summed E-state index contributed by atoms with van der Waals surface area (Å²) in [5.41, 5.74) is 2.48. The van der Waals surface area contributed by atoms with Crippen molar-refractivity contribution >= 4 is 11.9 Å². The minimum Gasteiger partial charge on any atom is -0.481 e. The number of hydrogen-bond acceptors (Lipinski definition) is 3. The molecule has 6 heteroatoms. The van der Waals surface area contributed by atoms with Crippen LogP contribution in [0.1, 0.15) is 23.2 Å². The number of carbonyl (C=O) groups is 2. The monoisotopic (exact) mass is 273 g/mol. The Hall–Kier alpha value is -2.63. The molecule has 3 N–H and O–H groups in total. The Morgan fingerprint density at radius 3 is 2.55 bits per heavy atom. The van der Waals surface area contributed by atoms with E-state index in [4.69, 9.17) is 5.11 Å². The van der Waals surface area contributed by atoms with Crippen LogP contribution < -0.4 is 5.32 Å². The molecule has 1 aromatic carbocycles. The van der Waals surface area contributed by atoms with Crippen LogP contribution >= 0.6 is 0 Å². The molecule has 20 heavy (non-hydrogen) atoms. The number of amides is 1. The van der Waals surface area contributed by atoms with Crippen molar-refractivity contribution in [1.29, 1.82) is 0 Å². The second kappa shape index (κ2) is 6.51. The van der Waals surface area contributed by atoms with Gasteiger partial charge in [0, 0.05) is 30.3 Å². The van der Waals surface area contributed by atoms with Crippen molar-refractivity contribution in [1.82, 2.24) is 15.5 Å². The van der Waals surface area contributed by atoms with E-state index in [0.717, 1.165) is 11.1 Å². The van der Waals surface area contributed by atoms with Crippen LogP contribution in [-0.2, 0) is 4.79 Å². The van der Waals surface area contributed by atoms with Crippen LogP contribution in [0.3, 0.4) is 0 Å². The standard InChI is InChI=1S/C14H15N3O3/c18-13(19)2-1-7-15-14(20)11-5-3-10(4-6-11)12-8-16-17-9-12/h3-6,8-9H,1-2,7H2,(H,15,20)(H,16,17)(H,18,19). The zero-order valence-electron chi connectivity index (χ0n) is 10.8. The van der Waals surface area contributed by atoms with Crippen LogP contribution in [0.15, 0.2) is 36.7 Å². The lowest BCUT2D eigenvalue weighted by atomic mass is 10.1. The van der Waals surface area contributed by atoms with Gasteiger partial charge < -0.3 is 10.4 Å². The van der Waals surface area contributed by atoms with Crippen molar-refractivity contribution < 1.29 is 14.7 Å². The normalized spacial score (nSPS) is 10.2. The van der Waals surface area contributed by atoms with Crippen molar-refractivity contribution in [3.63, 3.8) is 0 Å². The second-order valence-corrected chi connectivity index (χ2v) is 4.32. The maximum atomic E-state index is 11.8. The summed E-state index contributed by atoms with van der Waals surface area (Å²) in [7, 11) is 0. The summed E-state index contributed by atoms with van der Waals surface area (Å²) in [5, 5.41) is 17.8. The van der Waals surface area contributed by atoms with Gasteiger partial charge in [0.25, 0.3) is 5.91 Å². The first-order valence-corrected chi connectivity index (χ1v) is 6.26. The number of carboxylic acids is 1. The number of nitrogens with one attached hydrogen (secondary N) is 2. The number of nitrogens with zero attached hydrogens (tertiary/aromatic N) is 1. The molecule has 0 saturated heterocycles. The molecule has 0 aliphatic heterocycles. The van der Waals surface area contributed by atoms with E-state index >= 15 is 0 Å². The molecule has 2 aromatic rings.